The Morgan fingerprint density at radius 2 is 2.33 bits per heavy atom. The van der Waals surface area contributed by atoms with Crippen molar-refractivity contribution in [2.75, 3.05) is 6.61 Å². The summed E-state index contributed by atoms with van der Waals surface area (Å²) in [6.07, 6.45) is 2.22. The Kier molecular flexibility index (Phi) is 3.49. The van der Waals surface area contributed by atoms with Crippen LogP contribution < -0.4 is 0 Å². The monoisotopic (exact) mass is 186 g/mol. The third-order valence-corrected chi connectivity index (χ3v) is 3.69. The molecule has 0 aromatic rings. The van der Waals surface area contributed by atoms with Crippen LogP contribution in [0.2, 0.25) is 6.04 Å². The average Bonchev–Trinajstić information content (AvgIpc) is 2.06. The van der Waals surface area contributed by atoms with E-state index in [1.54, 1.807) is 6.92 Å². The van der Waals surface area contributed by atoms with Gasteiger partial charge in [0.2, 0.25) is 0 Å². The number of hydrogen-bond donors (Lipinski definition) is 0. The van der Waals surface area contributed by atoms with Gasteiger partial charge in [0.25, 0.3) is 0 Å². The highest BCUT2D eigenvalue weighted by Gasteiger charge is 2.21. The molecule has 0 radical (unpaired) electrons. The molecule has 3 nitrogen and oxygen atoms in total. The fourth-order valence-electron chi connectivity index (χ4n) is 1.02. The Balaban J connectivity index is 2.29. The van der Waals surface area contributed by atoms with E-state index >= 15 is 0 Å². The van der Waals surface area contributed by atoms with Gasteiger partial charge in [-0.25, -0.2) is 4.79 Å². The molecule has 1 aliphatic rings. The lowest BCUT2D eigenvalue weighted by atomic mass is 10.4. The van der Waals surface area contributed by atoms with E-state index in [2.05, 4.69) is 6.58 Å². The summed E-state index contributed by atoms with van der Waals surface area (Å²) in [5.74, 6) is -0.298. The molecular formula is C8H14O3Si. The molecule has 1 aliphatic heterocycles. The number of hydrogen-bond acceptors (Lipinski definition) is 3. The van der Waals surface area contributed by atoms with Crippen molar-refractivity contribution < 1.29 is 13.6 Å². The molecule has 0 aliphatic carbocycles. The molecule has 1 rings (SSSR count). The van der Waals surface area contributed by atoms with E-state index in [1.165, 1.54) is 0 Å². The van der Waals surface area contributed by atoms with E-state index in [0.29, 0.717) is 5.57 Å². The molecule has 12 heavy (non-hydrogen) atoms. The van der Waals surface area contributed by atoms with Crippen molar-refractivity contribution in [2.45, 2.75) is 25.8 Å². The normalized spacial score (nSPS) is 23.2. The molecule has 1 fully saturated rings. The van der Waals surface area contributed by atoms with Gasteiger partial charge in [-0.1, -0.05) is 6.58 Å². The highest BCUT2D eigenvalue weighted by molar-refractivity contribution is 6.47. The first kappa shape index (κ1) is 9.47. The minimum Gasteiger partial charge on any atom is -0.493 e. The number of carbonyl (C=O) groups is 1. The second-order valence-corrected chi connectivity index (χ2v) is 4.99. The van der Waals surface area contributed by atoms with E-state index in [9.17, 15) is 4.79 Å². The molecule has 1 atom stereocenters. The summed E-state index contributed by atoms with van der Waals surface area (Å²) in [6, 6.07) is 0.943. The van der Waals surface area contributed by atoms with Gasteiger partial charge < -0.3 is 8.85 Å². The molecule has 0 aromatic heterocycles. The molecular weight excluding hydrogens is 172 g/mol. The van der Waals surface area contributed by atoms with Gasteiger partial charge in [-0.2, -0.15) is 0 Å². The van der Waals surface area contributed by atoms with Crippen molar-refractivity contribution in [3.05, 3.63) is 12.2 Å². The minimum absolute atomic E-state index is 0.298. The van der Waals surface area contributed by atoms with E-state index in [1.807, 2.05) is 0 Å². The molecule has 0 saturated carbocycles. The Bertz CT molecular complexity index is 185. The average molecular weight is 186 g/mol. The first-order chi connectivity index (χ1) is 5.70. The zero-order valence-electron chi connectivity index (χ0n) is 7.34. The van der Waals surface area contributed by atoms with Crippen molar-refractivity contribution >= 4 is 15.3 Å². The second kappa shape index (κ2) is 4.42. The molecule has 1 unspecified atom stereocenters. The third kappa shape index (κ3) is 2.79. The van der Waals surface area contributed by atoms with Crippen LogP contribution in [0.4, 0.5) is 0 Å². The van der Waals surface area contributed by atoms with Gasteiger partial charge >= 0.3 is 15.3 Å². The van der Waals surface area contributed by atoms with E-state index in [-0.39, 0.29) is 5.97 Å². The fourth-order valence-corrected chi connectivity index (χ4v) is 2.87. The summed E-state index contributed by atoms with van der Waals surface area (Å²) in [7, 11) is -1.65. The summed E-state index contributed by atoms with van der Waals surface area (Å²) in [6.45, 7) is 5.92. The van der Waals surface area contributed by atoms with Gasteiger partial charge in [-0.3, -0.25) is 0 Å². The maximum atomic E-state index is 11.0. The van der Waals surface area contributed by atoms with Crippen LogP contribution in [0, 0.1) is 0 Å². The Labute approximate surface area is 74.2 Å². The van der Waals surface area contributed by atoms with Crippen LogP contribution in [0.15, 0.2) is 12.2 Å². The van der Waals surface area contributed by atoms with Crippen molar-refractivity contribution in [2.24, 2.45) is 0 Å². The summed E-state index contributed by atoms with van der Waals surface area (Å²) < 4.78 is 10.5. The topological polar surface area (TPSA) is 35.5 Å². The minimum atomic E-state index is -1.65. The van der Waals surface area contributed by atoms with Crippen molar-refractivity contribution in [3.8, 4) is 0 Å². The third-order valence-electron chi connectivity index (χ3n) is 1.72. The highest BCUT2D eigenvalue weighted by Crippen LogP contribution is 2.12. The van der Waals surface area contributed by atoms with E-state index in [4.69, 9.17) is 8.85 Å². The van der Waals surface area contributed by atoms with Gasteiger partial charge in [0, 0.05) is 12.2 Å². The van der Waals surface area contributed by atoms with Crippen molar-refractivity contribution in [3.63, 3.8) is 0 Å². The highest BCUT2D eigenvalue weighted by atomic mass is 28.3. The van der Waals surface area contributed by atoms with Crippen LogP contribution in [-0.4, -0.2) is 21.9 Å². The predicted octanol–water partition coefficient (Wildman–Crippen LogP) is 1.14. The lowest BCUT2D eigenvalue weighted by Gasteiger charge is -2.20. The fraction of sp³-hybridized carbons (Fsp3) is 0.625. The summed E-state index contributed by atoms with van der Waals surface area (Å²) in [4.78, 5) is 11.0. The molecule has 68 valence electrons. The van der Waals surface area contributed by atoms with Gasteiger partial charge in [-0.15, -0.1) is 0 Å². The standard InChI is InChI=1S/C8H14O3Si/c1-7(2)8(9)11-12-6-4-3-5-10-12/h12H,1,3-6H2,2H3. The molecule has 1 heterocycles. The van der Waals surface area contributed by atoms with Crippen LogP contribution in [-0.2, 0) is 13.6 Å². The van der Waals surface area contributed by atoms with E-state index < -0.39 is 9.28 Å². The first-order valence-corrected chi connectivity index (χ1v) is 5.94. The van der Waals surface area contributed by atoms with Crippen molar-refractivity contribution in [1.82, 2.24) is 0 Å². The second-order valence-electron chi connectivity index (χ2n) is 2.98. The van der Waals surface area contributed by atoms with Gasteiger partial charge in [0.05, 0.1) is 0 Å². The number of carbonyl (C=O) groups excluding carboxylic acids is 1. The molecule has 0 aromatic carbocycles. The lowest BCUT2D eigenvalue weighted by molar-refractivity contribution is -0.131. The van der Waals surface area contributed by atoms with Crippen LogP contribution in [0.1, 0.15) is 19.8 Å². The Morgan fingerprint density at radius 1 is 1.58 bits per heavy atom. The largest absolute Gasteiger partial charge is 0.493 e. The zero-order valence-corrected chi connectivity index (χ0v) is 8.49. The van der Waals surface area contributed by atoms with Crippen LogP contribution in [0.3, 0.4) is 0 Å². The molecule has 0 amide bonds. The molecule has 0 spiro atoms. The van der Waals surface area contributed by atoms with Gasteiger partial charge in [0.15, 0.2) is 0 Å². The Hall–Kier alpha value is -0.613. The summed E-state index contributed by atoms with van der Waals surface area (Å²) in [5.41, 5.74) is 0.455. The quantitative estimate of drug-likeness (QED) is 0.479. The van der Waals surface area contributed by atoms with Crippen molar-refractivity contribution in [1.29, 1.82) is 0 Å². The molecule has 0 bridgehead atoms. The Morgan fingerprint density at radius 3 is 2.83 bits per heavy atom. The van der Waals surface area contributed by atoms with Gasteiger partial charge in [-0.05, 0) is 25.8 Å². The van der Waals surface area contributed by atoms with Crippen LogP contribution in [0.5, 0.6) is 0 Å². The number of rotatable bonds is 2. The summed E-state index contributed by atoms with van der Waals surface area (Å²) in [5, 5.41) is 0. The molecule has 0 N–H and O–H groups in total. The first-order valence-electron chi connectivity index (χ1n) is 4.18. The lowest BCUT2D eigenvalue weighted by Crippen LogP contribution is -2.29. The molecule has 1 saturated heterocycles. The maximum Gasteiger partial charge on any atom is 0.385 e. The smallest absolute Gasteiger partial charge is 0.385 e. The van der Waals surface area contributed by atoms with Crippen LogP contribution >= 0.6 is 0 Å². The zero-order chi connectivity index (χ0) is 8.97. The predicted molar refractivity (Wildman–Crippen MR) is 48.0 cm³/mol. The SMILES string of the molecule is C=C(C)C(=O)O[SiH]1CCCCO1. The molecule has 4 heteroatoms. The van der Waals surface area contributed by atoms with E-state index in [0.717, 1.165) is 25.5 Å². The van der Waals surface area contributed by atoms with Gasteiger partial charge in [0.1, 0.15) is 0 Å². The summed E-state index contributed by atoms with van der Waals surface area (Å²) >= 11 is 0. The van der Waals surface area contributed by atoms with Crippen LogP contribution in [0.25, 0.3) is 0 Å². The maximum absolute atomic E-state index is 11.0.